The van der Waals surface area contributed by atoms with Crippen LogP contribution in [0.15, 0.2) is 30.3 Å². The van der Waals surface area contributed by atoms with Crippen molar-refractivity contribution < 1.29 is 19.1 Å². The molecule has 2 fully saturated rings. The smallest absolute Gasteiger partial charge is 0.245 e. The van der Waals surface area contributed by atoms with Gasteiger partial charge in [0.05, 0.1) is 6.61 Å². The highest BCUT2D eigenvalue weighted by Gasteiger charge is 2.31. The molecule has 1 aromatic rings. The van der Waals surface area contributed by atoms with E-state index in [9.17, 15) is 14.4 Å². The number of amides is 3. The van der Waals surface area contributed by atoms with Gasteiger partial charge in [-0.15, -0.1) is 0 Å². The first-order chi connectivity index (χ1) is 13.1. The van der Waals surface area contributed by atoms with Crippen LogP contribution >= 0.6 is 0 Å². The maximum absolute atomic E-state index is 12.5. The summed E-state index contributed by atoms with van der Waals surface area (Å²) >= 11 is 0. The molecule has 1 aromatic carbocycles. The predicted molar refractivity (Wildman–Crippen MR) is 100 cm³/mol. The molecule has 2 heterocycles. The van der Waals surface area contributed by atoms with E-state index >= 15 is 0 Å². The predicted octanol–water partition coefficient (Wildman–Crippen LogP) is 1.19. The molecule has 27 heavy (non-hydrogen) atoms. The third-order valence-corrected chi connectivity index (χ3v) is 5.00. The van der Waals surface area contributed by atoms with E-state index in [1.165, 1.54) is 0 Å². The number of hydrogen-bond acceptors (Lipinski definition) is 4. The lowest BCUT2D eigenvalue weighted by molar-refractivity contribution is -0.135. The molecule has 2 saturated heterocycles. The minimum absolute atomic E-state index is 0.0218. The molecule has 0 spiro atoms. The van der Waals surface area contributed by atoms with Crippen LogP contribution in [0.3, 0.4) is 0 Å². The first kappa shape index (κ1) is 19.2. The summed E-state index contributed by atoms with van der Waals surface area (Å²) < 4.78 is 5.62. The maximum Gasteiger partial charge on any atom is 0.245 e. The Bertz CT molecular complexity index is 664. The van der Waals surface area contributed by atoms with Gasteiger partial charge in [-0.25, -0.2) is 0 Å². The molecular formula is C20H27N3O4. The van der Waals surface area contributed by atoms with Crippen LogP contribution in [-0.4, -0.2) is 66.3 Å². The van der Waals surface area contributed by atoms with Gasteiger partial charge < -0.3 is 19.9 Å². The molecule has 0 bridgehead atoms. The Kier molecular flexibility index (Phi) is 6.68. The molecular weight excluding hydrogens is 346 g/mol. The fourth-order valence-corrected chi connectivity index (χ4v) is 3.50. The summed E-state index contributed by atoms with van der Waals surface area (Å²) in [5, 5.41) is 2.73. The van der Waals surface area contributed by atoms with Crippen LogP contribution in [-0.2, 0) is 14.4 Å². The zero-order valence-electron chi connectivity index (χ0n) is 15.6. The fourth-order valence-electron chi connectivity index (χ4n) is 3.50. The molecule has 1 atom stereocenters. The second-order valence-electron chi connectivity index (χ2n) is 6.98. The van der Waals surface area contributed by atoms with Crippen LogP contribution in [0.25, 0.3) is 0 Å². The highest BCUT2D eigenvalue weighted by atomic mass is 16.5. The molecule has 3 rings (SSSR count). The van der Waals surface area contributed by atoms with Crippen molar-refractivity contribution in [3.05, 3.63) is 30.3 Å². The molecule has 0 saturated carbocycles. The van der Waals surface area contributed by atoms with Crippen LogP contribution in [0.1, 0.15) is 32.1 Å². The highest BCUT2D eigenvalue weighted by molar-refractivity contribution is 5.90. The van der Waals surface area contributed by atoms with E-state index in [1.807, 2.05) is 35.2 Å². The van der Waals surface area contributed by atoms with Crippen molar-refractivity contribution in [2.45, 2.75) is 38.1 Å². The lowest BCUT2D eigenvalue weighted by Gasteiger charge is -2.24. The second-order valence-corrected chi connectivity index (χ2v) is 6.98. The monoisotopic (exact) mass is 373 g/mol. The van der Waals surface area contributed by atoms with Crippen molar-refractivity contribution in [1.82, 2.24) is 15.1 Å². The quantitative estimate of drug-likeness (QED) is 0.760. The van der Waals surface area contributed by atoms with E-state index in [0.29, 0.717) is 58.5 Å². The van der Waals surface area contributed by atoms with E-state index in [4.69, 9.17) is 4.74 Å². The Morgan fingerprint density at radius 3 is 2.56 bits per heavy atom. The first-order valence-electron chi connectivity index (χ1n) is 9.67. The van der Waals surface area contributed by atoms with Crippen molar-refractivity contribution >= 4 is 17.7 Å². The number of nitrogens with one attached hydrogen (secondary N) is 1. The van der Waals surface area contributed by atoms with E-state index in [2.05, 4.69) is 5.32 Å². The summed E-state index contributed by atoms with van der Waals surface area (Å²) in [5.41, 5.74) is 0. The van der Waals surface area contributed by atoms with Gasteiger partial charge >= 0.3 is 0 Å². The number of carbonyl (C=O) groups is 3. The highest BCUT2D eigenvalue weighted by Crippen LogP contribution is 2.13. The number of nitrogens with zero attached hydrogens (tertiary/aromatic N) is 2. The Morgan fingerprint density at radius 1 is 1.07 bits per heavy atom. The summed E-state index contributed by atoms with van der Waals surface area (Å²) in [4.78, 5) is 39.9. The van der Waals surface area contributed by atoms with Crippen molar-refractivity contribution in [3.63, 3.8) is 0 Å². The molecule has 1 unspecified atom stereocenters. The molecule has 0 aliphatic carbocycles. The van der Waals surface area contributed by atoms with Gasteiger partial charge in [-0.2, -0.15) is 0 Å². The summed E-state index contributed by atoms with van der Waals surface area (Å²) in [6.07, 6.45) is 2.86. The Balaban J connectivity index is 1.38. The Hall–Kier alpha value is -2.57. The van der Waals surface area contributed by atoms with Crippen LogP contribution in [0.2, 0.25) is 0 Å². The Labute approximate surface area is 159 Å². The molecule has 2 aliphatic heterocycles. The molecule has 2 aliphatic rings. The summed E-state index contributed by atoms with van der Waals surface area (Å²) in [7, 11) is 0. The molecule has 7 heteroatoms. The zero-order valence-corrected chi connectivity index (χ0v) is 15.6. The fraction of sp³-hybridized carbons (Fsp3) is 0.550. The van der Waals surface area contributed by atoms with Gasteiger partial charge in [-0.3, -0.25) is 14.4 Å². The molecule has 146 valence electrons. The second kappa shape index (κ2) is 9.39. The molecule has 1 N–H and O–H groups in total. The van der Waals surface area contributed by atoms with Crippen molar-refractivity contribution in [1.29, 1.82) is 0 Å². The molecule has 0 aromatic heterocycles. The van der Waals surface area contributed by atoms with E-state index in [0.717, 1.165) is 12.2 Å². The van der Waals surface area contributed by atoms with Gasteiger partial charge in [0.15, 0.2) is 0 Å². The van der Waals surface area contributed by atoms with Crippen LogP contribution in [0.5, 0.6) is 5.75 Å². The SMILES string of the molecule is O=C1CCC(C(=O)N2CCCN(C(=O)CCCOc3ccccc3)CC2)N1. The Morgan fingerprint density at radius 2 is 1.81 bits per heavy atom. The van der Waals surface area contributed by atoms with Crippen molar-refractivity contribution in [2.75, 3.05) is 32.8 Å². The topological polar surface area (TPSA) is 79.0 Å². The van der Waals surface area contributed by atoms with Crippen LogP contribution in [0.4, 0.5) is 0 Å². The zero-order chi connectivity index (χ0) is 19.1. The average molecular weight is 373 g/mol. The number of benzene rings is 1. The summed E-state index contributed by atoms with van der Waals surface area (Å²) in [6, 6.07) is 9.17. The number of rotatable bonds is 6. The lowest BCUT2D eigenvalue weighted by atomic mass is 10.2. The summed E-state index contributed by atoms with van der Waals surface area (Å²) in [6.45, 7) is 2.88. The third kappa shape index (κ3) is 5.45. The third-order valence-electron chi connectivity index (χ3n) is 5.00. The first-order valence-corrected chi connectivity index (χ1v) is 9.67. The normalized spacial score (nSPS) is 20.1. The standard InChI is InChI=1S/C20H27N3O4/c24-18-10-9-17(21-18)20(26)23-12-5-11-22(13-14-23)19(25)8-4-15-27-16-6-2-1-3-7-16/h1-3,6-7,17H,4-5,8-15H2,(H,21,24). The van der Waals surface area contributed by atoms with Crippen molar-refractivity contribution in [3.8, 4) is 5.75 Å². The van der Waals surface area contributed by atoms with Crippen LogP contribution in [0, 0.1) is 0 Å². The minimum Gasteiger partial charge on any atom is -0.494 e. The number of para-hydroxylation sites is 1. The van der Waals surface area contributed by atoms with E-state index in [1.54, 1.807) is 4.90 Å². The van der Waals surface area contributed by atoms with Gasteiger partial charge in [0.2, 0.25) is 17.7 Å². The molecule has 3 amide bonds. The van der Waals surface area contributed by atoms with Crippen LogP contribution < -0.4 is 10.1 Å². The van der Waals surface area contributed by atoms with Gasteiger partial charge in [0.1, 0.15) is 11.8 Å². The largest absolute Gasteiger partial charge is 0.494 e. The average Bonchev–Trinajstić information content (AvgIpc) is 2.97. The van der Waals surface area contributed by atoms with Gasteiger partial charge in [-0.1, -0.05) is 18.2 Å². The van der Waals surface area contributed by atoms with E-state index < -0.39 is 6.04 Å². The van der Waals surface area contributed by atoms with Gasteiger partial charge in [0.25, 0.3) is 0 Å². The lowest BCUT2D eigenvalue weighted by Crippen LogP contribution is -2.46. The van der Waals surface area contributed by atoms with Crippen molar-refractivity contribution in [2.24, 2.45) is 0 Å². The molecule has 7 nitrogen and oxygen atoms in total. The van der Waals surface area contributed by atoms with Gasteiger partial charge in [0, 0.05) is 39.0 Å². The summed E-state index contributed by atoms with van der Waals surface area (Å²) in [5.74, 6) is 0.840. The number of ether oxygens (including phenoxy) is 1. The number of hydrogen-bond donors (Lipinski definition) is 1. The maximum atomic E-state index is 12.5. The number of carbonyl (C=O) groups excluding carboxylic acids is 3. The molecule has 0 radical (unpaired) electrons. The minimum atomic E-state index is -0.394. The van der Waals surface area contributed by atoms with E-state index in [-0.39, 0.29) is 17.7 Å². The van der Waals surface area contributed by atoms with Gasteiger partial charge in [-0.05, 0) is 31.4 Å².